The normalized spacial score (nSPS) is 19.3. The molecule has 0 radical (unpaired) electrons. The molecule has 3 aliphatic rings. The highest BCUT2D eigenvalue weighted by Gasteiger charge is 2.26. The van der Waals surface area contributed by atoms with Gasteiger partial charge in [-0.15, -0.1) is 0 Å². The second kappa shape index (κ2) is 9.21. The number of nitrogens with one attached hydrogen (secondary N) is 1. The van der Waals surface area contributed by atoms with E-state index in [0.717, 1.165) is 76.3 Å². The molecule has 0 unspecified atom stereocenters. The second-order valence-corrected chi connectivity index (χ2v) is 8.77. The molecule has 1 saturated heterocycles. The fraction of sp³-hybridized carbons (Fsp3) is 0.583. The monoisotopic (exact) mass is 407 g/mol. The summed E-state index contributed by atoms with van der Waals surface area (Å²) in [4.78, 5) is 14.5. The highest BCUT2D eigenvalue weighted by Crippen LogP contribution is 2.39. The van der Waals surface area contributed by atoms with E-state index < -0.39 is 0 Å². The number of hydrogen-bond donors (Lipinski definition) is 1. The largest absolute Gasteiger partial charge is 0.478 e. The van der Waals surface area contributed by atoms with Gasteiger partial charge in [-0.1, -0.05) is 6.07 Å². The number of fused-ring (bicyclic) bond motifs is 1. The summed E-state index contributed by atoms with van der Waals surface area (Å²) in [5.74, 6) is 3.65. The maximum Gasteiger partial charge on any atom is 0.215 e. The topological polar surface area (TPSA) is 53.5 Å². The Balaban J connectivity index is 1.00. The van der Waals surface area contributed by atoms with Gasteiger partial charge in [-0.25, -0.2) is 4.98 Å². The van der Waals surface area contributed by atoms with Gasteiger partial charge in [-0.3, -0.25) is 4.90 Å². The van der Waals surface area contributed by atoms with Crippen molar-refractivity contribution in [3.8, 4) is 5.88 Å². The van der Waals surface area contributed by atoms with Crippen LogP contribution in [0.2, 0.25) is 0 Å². The average Bonchev–Trinajstić information content (AvgIpc) is 3.65. The van der Waals surface area contributed by atoms with E-state index in [4.69, 9.17) is 9.72 Å². The average molecular weight is 408 g/mol. The number of piperazine rings is 1. The van der Waals surface area contributed by atoms with E-state index in [0.29, 0.717) is 0 Å². The van der Waals surface area contributed by atoms with Crippen molar-refractivity contribution in [1.82, 2.24) is 14.9 Å². The van der Waals surface area contributed by atoms with E-state index >= 15 is 0 Å². The molecular formula is C24H33N5O. The molecule has 160 valence electrons. The molecule has 0 spiro atoms. The number of ether oxygens (including phenoxy) is 1. The zero-order valence-electron chi connectivity index (χ0n) is 17.9. The zero-order valence-corrected chi connectivity index (χ0v) is 17.9. The molecule has 6 heteroatoms. The Hall–Kier alpha value is -2.34. The smallest absolute Gasteiger partial charge is 0.215 e. The fourth-order valence-corrected chi connectivity index (χ4v) is 4.43. The van der Waals surface area contributed by atoms with Gasteiger partial charge in [0.2, 0.25) is 5.88 Å². The fourth-order valence-electron chi connectivity index (χ4n) is 4.43. The first-order valence-electron chi connectivity index (χ1n) is 11.7. The molecule has 4 heterocycles. The lowest BCUT2D eigenvalue weighted by atomic mass is 10.1. The van der Waals surface area contributed by atoms with Crippen LogP contribution in [0, 0.1) is 0 Å². The maximum absolute atomic E-state index is 5.89. The van der Waals surface area contributed by atoms with Crippen LogP contribution in [0.5, 0.6) is 5.88 Å². The number of aryl methyl sites for hydroxylation is 1. The first-order chi connectivity index (χ1) is 14.8. The highest BCUT2D eigenvalue weighted by atomic mass is 16.5. The Morgan fingerprint density at radius 1 is 1.00 bits per heavy atom. The molecule has 2 aromatic heterocycles. The van der Waals surface area contributed by atoms with Crippen LogP contribution in [0.25, 0.3) is 0 Å². The lowest BCUT2D eigenvalue weighted by Crippen LogP contribution is -2.47. The number of anilines is 2. The third kappa shape index (κ3) is 4.86. The van der Waals surface area contributed by atoms with Crippen LogP contribution in [0.3, 0.4) is 0 Å². The molecular weight excluding hydrogens is 374 g/mol. The minimum absolute atomic E-state index is 0.723. The molecule has 30 heavy (non-hydrogen) atoms. The van der Waals surface area contributed by atoms with E-state index in [-0.39, 0.29) is 0 Å². The van der Waals surface area contributed by atoms with Crippen LogP contribution in [-0.4, -0.2) is 60.7 Å². The lowest BCUT2D eigenvalue weighted by molar-refractivity contribution is 0.236. The van der Waals surface area contributed by atoms with Crippen molar-refractivity contribution >= 4 is 11.6 Å². The van der Waals surface area contributed by atoms with E-state index in [1.165, 1.54) is 42.8 Å². The first kappa shape index (κ1) is 19.6. The molecule has 0 aromatic carbocycles. The van der Waals surface area contributed by atoms with Crippen LogP contribution >= 0.6 is 0 Å². The van der Waals surface area contributed by atoms with Gasteiger partial charge in [0.25, 0.3) is 0 Å². The lowest BCUT2D eigenvalue weighted by Gasteiger charge is -2.35. The first-order valence-corrected chi connectivity index (χ1v) is 11.7. The van der Waals surface area contributed by atoms with Crippen LogP contribution in [0.15, 0.2) is 30.3 Å². The van der Waals surface area contributed by atoms with E-state index in [1.54, 1.807) is 0 Å². The van der Waals surface area contributed by atoms with Crippen molar-refractivity contribution in [3.05, 3.63) is 41.6 Å². The standard InChI is InChI=1S/C24H33N5O/c1(2-18-30-23-11-10-20-5-4-12-25-24(20)27-23)13-28-14-16-29(17-15-28)22-7-3-6-21(26-22)19-8-9-19/h3,6-7,10-11,19H,1-2,4-5,8-9,12-18H2,(H,25,27). The summed E-state index contributed by atoms with van der Waals surface area (Å²) in [5.41, 5.74) is 2.60. The predicted molar refractivity (Wildman–Crippen MR) is 121 cm³/mol. The Morgan fingerprint density at radius 3 is 2.77 bits per heavy atom. The number of hydrogen-bond acceptors (Lipinski definition) is 6. The summed E-state index contributed by atoms with van der Waals surface area (Å²) in [6.45, 7) is 7.28. The molecule has 2 aromatic rings. The summed E-state index contributed by atoms with van der Waals surface area (Å²) < 4.78 is 5.89. The Bertz CT molecular complexity index is 845. The van der Waals surface area contributed by atoms with Crippen molar-refractivity contribution in [3.63, 3.8) is 0 Å². The Labute approximate surface area is 179 Å². The van der Waals surface area contributed by atoms with Gasteiger partial charge < -0.3 is 15.0 Å². The molecule has 2 aliphatic heterocycles. The van der Waals surface area contributed by atoms with Crippen molar-refractivity contribution in [2.45, 2.75) is 44.4 Å². The third-order valence-electron chi connectivity index (χ3n) is 6.44. The zero-order chi connectivity index (χ0) is 20.2. The van der Waals surface area contributed by atoms with Crippen LogP contribution < -0.4 is 15.0 Å². The van der Waals surface area contributed by atoms with Crippen LogP contribution in [0.1, 0.15) is 49.3 Å². The molecule has 1 aliphatic carbocycles. The van der Waals surface area contributed by atoms with E-state index in [2.05, 4.69) is 44.4 Å². The maximum atomic E-state index is 5.89. The van der Waals surface area contributed by atoms with Crippen molar-refractivity contribution in [2.75, 3.05) is 56.1 Å². The second-order valence-electron chi connectivity index (χ2n) is 8.77. The molecule has 0 atom stereocenters. The van der Waals surface area contributed by atoms with Gasteiger partial charge in [0, 0.05) is 50.4 Å². The number of pyridine rings is 2. The number of aromatic nitrogens is 2. The molecule has 1 N–H and O–H groups in total. The summed E-state index contributed by atoms with van der Waals surface area (Å²) in [7, 11) is 0. The highest BCUT2D eigenvalue weighted by molar-refractivity contribution is 5.48. The molecule has 0 bridgehead atoms. The Kier molecular flexibility index (Phi) is 6.02. The van der Waals surface area contributed by atoms with Gasteiger partial charge >= 0.3 is 0 Å². The number of unbranched alkanes of at least 4 members (excludes halogenated alkanes) is 1. The minimum atomic E-state index is 0.723. The van der Waals surface area contributed by atoms with Crippen molar-refractivity contribution < 1.29 is 4.74 Å². The van der Waals surface area contributed by atoms with Crippen molar-refractivity contribution in [1.29, 1.82) is 0 Å². The molecule has 6 nitrogen and oxygen atoms in total. The molecule has 0 amide bonds. The predicted octanol–water partition coefficient (Wildman–Crippen LogP) is 3.69. The molecule has 5 rings (SSSR count). The number of nitrogens with zero attached hydrogens (tertiary/aromatic N) is 4. The van der Waals surface area contributed by atoms with Gasteiger partial charge in [0.1, 0.15) is 11.6 Å². The van der Waals surface area contributed by atoms with Crippen LogP contribution in [0.4, 0.5) is 11.6 Å². The van der Waals surface area contributed by atoms with Gasteiger partial charge in [0.15, 0.2) is 0 Å². The van der Waals surface area contributed by atoms with E-state index in [9.17, 15) is 0 Å². The Morgan fingerprint density at radius 2 is 1.90 bits per heavy atom. The van der Waals surface area contributed by atoms with Crippen LogP contribution in [-0.2, 0) is 6.42 Å². The summed E-state index contributed by atoms with van der Waals surface area (Å²) in [6, 6.07) is 10.7. The molecule has 1 saturated carbocycles. The summed E-state index contributed by atoms with van der Waals surface area (Å²) >= 11 is 0. The third-order valence-corrected chi connectivity index (χ3v) is 6.44. The molecule has 2 fully saturated rings. The minimum Gasteiger partial charge on any atom is -0.478 e. The van der Waals surface area contributed by atoms with E-state index in [1.807, 2.05) is 6.07 Å². The summed E-state index contributed by atoms with van der Waals surface area (Å²) in [6.07, 6.45) is 7.16. The van der Waals surface area contributed by atoms with Gasteiger partial charge in [-0.2, -0.15) is 4.98 Å². The number of rotatable bonds is 8. The van der Waals surface area contributed by atoms with Gasteiger partial charge in [-0.05, 0) is 68.8 Å². The summed E-state index contributed by atoms with van der Waals surface area (Å²) in [5, 5.41) is 3.37. The van der Waals surface area contributed by atoms with Crippen molar-refractivity contribution in [2.24, 2.45) is 0 Å². The van der Waals surface area contributed by atoms with Gasteiger partial charge in [0.05, 0.1) is 6.61 Å². The quantitative estimate of drug-likeness (QED) is 0.674. The SMILES string of the molecule is c1cc(C2CC2)nc(N2CCN(CCCCOc3ccc4c(n3)NCCC4)CC2)c1.